The van der Waals surface area contributed by atoms with Crippen molar-refractivity contribution in [2.75, 3.05) is 58.7 Å². The summed E-state index contributed by atoms with van der Waals surface area (Å²) in [7, 11) is 6.87. The Balaban J connectivity index is -0.000000130. The molecular weight excluding hydrogens is 336 g/mol. The van der Waals surface area contributed by atoms with Crippen LogP contribution >= 0.6 is 24.4 Å². The van der Waals surface area contributed by atoms with Gasteiger partial charge in [-0.25, -0.2) is 0 Å². The Kier molecular flexibility index (Phi) is 31.0. The van der Waals surface area contributed by atoms with Crippen LogP contribution in [0.1, 0.15) is 13.8 Å². The summed E-state index contributed by atoms with van der Waals surface area (Å²) in [4.78, 5) is 24.3. The lowest BCUT2D eigenvalue weighted by atomic mass is 10.4. The van der Waals surface area contributed by atoms with Crippen LogP contribution in [0.2, 0.25) is 0 Å². The first-order chi connectivity index (χ1) is 10.3. The van der Waals surface area contributed by atoms with Gasteiger partial charge in [0.05, 0.1) is 13.2 Å². The number of hydrogen-bond donors (Lipinski definition) is 3. The molecule has 2 amide bonds. The standard InChI is InChI=1S/C7H15NO2S.C5H9NO.C2H6OS.CH4/c1-8(2)7(10)3-5-11-6-4-9;1-4-5(7)6(2)3;3-1-2-4;/h9H,3-6H2,1-2H3;4H,1H2,2-3H3;3-4H,1-2H2;1H4. The smallest absolute Gasteiger partial charge is 0.245 e. The topological polar surface area (TPSA) is 81.1 Å². The molecule has 0 saturated heterocycles. The fourth-order valence-corrected chi connectivity index (χ4v) is 1.38. The normalized spacial score (nSPS) is 8.30. The molecule has 0 spiro atoms. The van der Waals surface area contributed by atoms with E-state index in [2.05, 4.69) is 19.2 Å². The molecule has 0 fully saturated rings. The van der Waals surface area contributed by atoms with Crippen LogP contribution in [-0.4, -0.2) is 90.5 Å². The van der Waals surface area contributed by atoms with Crippen molar-refractivity contribution in [3.05, 3.63) is 12.7 Å². The van der Waals surface area contributed by atoms with Crippen molar-refractivity contribution in [3.63, 3.8) is 0 Å². The quantitative estimate of drug-likeness (QED) is 0.354. The number of carbonyl (C=O) groups excluding carboxylic acids is 2. The van der Waals surface area contributed by atoms with Crippen LogP contribution in [0.3, 0.4) is 0 Å². The van der Waals surface area contributed by atoms with Gasteiger partial charge < -0.3 is 20.0 Å². The molecule has 8 heteroatoms. The van der Waals surface area contributed by atoms with Crippen LogP contribution in [0.25, 0.3) is 0 Å². The summed E-state index contributed by atoms with van der Waals surface area (Å²) >= 11 is 5.27. The van der Waals surface area contributed by atoms with E-state index in [0.29, 0.717) is 12.2 Å². The maximum Gasteiger partial charge on any atom is 0.245 e. The second-order valence-electron chi connectivity index (χ2n) is 4.26. The minimum atomic E-state index is -0.0556. The molecule has 0 aliphatic carbocycles. The summed E-state index contributed by atoms with van der Waals surface area (Å²) in [5, 5.41) is 16.2. The molecule has 0 bridgehead atoms. The summed E-state index contributed by atoms with van der Waals surface area (Å²) in [6.07, 6.45) is 1.84. The lowest BCUT2D eigenvalue weighted by molar-refractivity contribution is -0.128. The predicted octanol–water partition coefficient (Wildman–Crippen LogP) is 0.995. The Hall–Kier alpha value is -0.700. The molecule has 140 valence electrons. The van der Waals surface area contributed by atoms with Crippen molar-refractivity contribution >= 4 is 36.2 Å². The van der Waals surface area contributed by atoms with Crippen LogP contribution in [0.5, 0.6) is 0 Å². The van der Waals surface area contributed by atoms with Crippen LogP contribution in [0.15, 0.2) is 12.7 Å². The zero-order valence-corrected chi connectivity index (χ0v) is 15.7. The molecule has 0 aliphatic rings. The summed E-state index contributed by atoms with van der Waals surface area (Å²) in [6, 6.07) is 0. The molecule has 6 nitrogen and oxygen atoms in total. The first kappa shape index (κ1) is 30.2. The van der Waals surface area contributed by atoms with Gasteiger partial charge >= 0.3 is 0 Å². The molecule has 0 atom stereocenters. The van der Waals surface area contributed by atoms with Gasteiger partial charge in [0.2, 0.25) is 11.8 Å². The molecule has 0 aromatic carbocycles. The largest absolute Gasteiger partial charge is 0.396 e. The average molecular weight is 371 g/mol. The number of thiol groups is 1. The lowest BCUT2D eigenvalue weighted by Crippen LogP contribution is -2.21. The summed E-state index contributed by atoms with van der Waals surface area (Å²) in [5.74, 6) is 2.19. The molecule has 0 rings (SSSR count). The molecule has 0 unspecified atom stereocenters. The van der Waals surface area contributed by atoms with Crippen molar-refractivity contribution in [2.24, 2.45) is 0 Å². The highest BCUT2D eigenvalue weighted by Crippen LogP contribution is 2.01. The first-order valence-electron chi connectivity index (χ1n) is 6.72. The number of rotatable bonds is 7. The van der Waals surface area contributed by atoms with Crippen LogP contribution in [-0.2, 0) is 9.59 Å². The average Bonchev–Trinajstić information content (AvgIpc) is 2.51. The lowest BCUT2D eigenvalue weighted by Gasteiger charge is -2.08. The van der Waals surface area contributed by atoms with Gasteiger partial charge in [0, 0.05) is 51.9 Å². The number of carbonyl (C=O) groups is 2. The van der Waals surface area contributed by atoms with Gasteiger partial charge in [-0.1, -0.05) is 14.0 Å². The fourth-order valence-electron chi connectivity index (χ4n) is 0.732. The first-order valence-corrected chi connectivity index (χ1v) is 8.51. The highest BCUT2D eigenvalue weighted by atomic mass is 32.2. The molecule has 2 N–H and O–H groups in total. The van der Waals surface area contributed by atoms with Crippen LogP contribution < -0.4 is 0 Å². The molecule has 0 aromatic heterocycles. The number of aliphatic hydroxyl groups is 2. The Morgan fingerprint density at radius 2 is 1.57 bits per heavy atom. The van der Waals surface area contributed by atoms with E-state index in [0.717, 1.165) is 11.5 Å². The van der Waals surface area contributed by atoms with Crippen molar-refractivity contribution in [1.29, 1.82) is 0 Å². The highest BCUT2D eigenvalue weighted by Gasteiger charge is 2.01. The van der Waals surface area contributed by atoms with E-state index < -0.39 is 0 Å². The Labute approximate surface area is 151 Å². The van der Waals surface area contributed by atoms with E-state index in [4.69, 9.17) is 10.2 Å². The van der Waals surface area contributed by atoms with Gasteiger partial charge in [-0.05, 0) is 6.08 Å². The van der Waals surface area contributed by atoms with E-state index in [1.54, 1.807) is 44.9 Å². The molecule has 0 aromatic rings. The van der Waals surface area contributed by atoms with Crippen molar-refractivity contribution < 1.29 is 19.8 Å². The summed E-state index contributed by atoms with van der Waals surface area (Å²) in [6.45, 7) is 3.67. The molecule has 0 radical (unpaired) electrons. The van der Waals surface area contributed by atoms with Gasteiger partial charge in [-0.2, -0.15) is 24.4 Å². The zero-order valence-electron chi connectivity index (χ0n) is 14.0. The third-order valence-corrected chi connectivity index (χ3v) is 3.07. The maximum absolute atomic E-state index is 11.0. The van der Waals surface area contributed by atoms with Gasteiger partial charge in [-0.15, -0.1) is 0 Å². The maximum atomic E-state index is 11.0. The van der Waals surface area contributed by atoms with Crippen LogP contribution in [0, 0.1) is 0 Å². The van der Waals surface area contributed by atoms with E-state index in [1.165, 1.54) is 11.0 Å². The van der Waals surface area contributed by atoms with Gasteiger partial charge in [-0.3, -0.25) is 9.59 Å². The monoisotopic (exact) mass is 370 g/mol. The molecule has 0 heterocycles. The van der Waals surface area contributed by atoms with Gasteiger partial charge in [0.1, 0.15) is 0 Å². The third-order valence-electron chi connectivity index (χ3n) is 1.91. The number of aliphatic hydroxyl groups excluding tert-OH is 2. The number of amides is 2. The SMILES string of the molecule is C.C=CC(=O)N(C)C.CN(C)C(=O)CCSCCO.OCCS. The van der Waals surface area contributed by atoms with E-state index >= 15 is 0 Å². The third kappa shape index (κ3) is 29.9. The zero-order chi connectivity index (χ0) is 18.0. The minimum Gasteiger partial charge on any atom is -0.396 e. The van der Waals surface area contributed by atoms with E-state index in [1.807, 2.05) is 0 Å². The highest BCUT2D eigenvalue weighted by molar-refractivity contribution is 7.99. The van der Waals surface area contributed by atoms with Gasteiger partial charge in [0.25, 0.3) is 0 Å². The fraction of sp³-hybridized carbons (Fsp3) is 0.733. The molecule has 23 heavy (non-hydrogen) atoms. The van der Waals surface area contributed by atoms with Gasteiger partial charge in [0.15, 0.2) is 0 Å². The van der Waals surface area contributed by atoms with Crippen molar-refractivity contribution in [3.8, 4) is 0 Å². The minimum absolute atomic E-state index is 0. The van der Waals surface area contributed by atoms with Crippen molar-refractivity contribution in [1.82, 2.24) is 9.80 Å². The predicted molar refractivity (Wildman–Crippen MR) is 104 cm³/mol. The molecule has 0 aliphatic heterocycles. The second kappa shape index (κ2) is 23.6. The van der Waals surface area contributed by atoms with E-state index in [9.17, 15) is 9.59 Å². The number of nitrogens with zero attached hydrogens (tertiary/aromatic N) is 2. The molecule has 0 saturated carbocycles. The van der Waals surface area contributed by atoms with Crippen LogP contribution in [0.4, 0.5) is 0 Å². The Morgan fingerprint density at radius 3 is 1.78 bits per heavy atom. The van der Waals surface area contributed by atoms with Crippen molar-refractivity contribution in [2.45, 2.75) is 13.8 Å². The number of hydrogen-bond acceptors (Lipinski definition) is 6. The summed E-state index contributed by atoms with van der Waals surface area (Å²) < 4.78 is 0. The number of thioether (sulfide) groups is 1. The second-order valence-corrected chi connectivity index (χ2v) is 5.93. The Morgan fingerprint density at radius 1 is 1.09 bits per heavy atom. The number of likely N-dealkylation sites (N-methyl/N-ethyl adjacent to an activating group) is 1. The Bertz CT molecular complexity index is 287. The summed E-state index contributed by atoms with van der Waals surface area (Å²) in [5.41, 5.74) is 0. The molecular formula is C15H34N2O4S2. The van der Waals surface area contributed by atoms with E-state index in [-0.39, 0.29) is 32.5 Å².